The van der Waals surface area contributed by atoms with Gasteiger partial charge in [0.25, 0.3) is 0 Å². The zero-order valence-corrected chi connectivity index (χ0v) is 20.0. The quantitative estimate of drug-likeness (QED) is 0.285. The molecule has 0 atom stereocenters. The molecule has 0 aliphatic carbocycles. The molecule has 0 N–H and O–H groups in total. The van der Waals surface area contributed by atoms with Gasteiger partial charge in [0.05, 0.1) is 0 Å². The van der Waals surface area contributed by atoms with Gasteiger partial charge >= 0.3 is 0 Å². The second kappa shape index (κ2) is 8.80. The summed E-state index contributed by atoms with van der Waals surface area (Å²) in [6.07, 6.45) is 3.49. The first-order valence-corrected chi connectivity index (χ1v) is 12.6. The van der Waals surface area contributed by atoms with Crippen molar-refractivity contribution < 1.29 is 9.47 Å². The van der Waals surface area contributed by atoms with Gasteiger partial charge in [-0.05, 0) is 83.6 Å². The van der Waals surface area contributed by atoms with Crippen LogP contribution in [0, 0.1) is 0 Å². The molecule has 4 aromatic rings. The van der Waals surface area contributed by atoms with Gasteiger partial charge in [-0.25, -0.2) is 0 Å². The van der Waals surface area contributed by atoms with E-state index >= 15 is 0 Å². The molecule has 6 aliphatic heterocycles. The lowest BCUT2D eigenvalue weighted by atomic mass is 9.93. The highest BCUT2D eigenvalue weighted by molar-refractivity contribution is 6.05. The molecule has 0 radical (unpaired) electrons. The number of nitrogens with zero attached hydrogens (tertiary/aromatic N) is 2. The Kier molecular flexibility index (Phi) is 5.16. The fraction of sp³-hybridized carbons (Fsp3) is 0.188. The normalized spacial score (nSPS) is 15.9. The number of benzene rings is 4. The van der Waals surface area contributed by atoms with Gasteiger partial charge in [0.2, 0.25) is 0 Å². The van der Waals surface area contributed by atoms with Gasteiger partial charge < -0.3 is 9.47 Å². The second-order valence-corrected chi connectivity index (χ2v) is 9.64. The van der Waals surface area contributed by atoms with Crippen molar-refractivity contribution >= 4 is 11.4 Å². The molecule has 6 aliphatic rings. The zero-order valence-electron chi connectivity index (χ0n) is 20.0. The molecule has 0 saturated heterocycles. The summed E-state index contributed by atoms with van der Waals surface area (Å²) in [6.45, 7) is 1.65. The molecule has 4 heteroatoms. The van der Waals surface area contributed by atoms with E-state index in [-0.39, 0.29) is 0 Å². The zero-order chi connectivity index (χ0) is 23.9. The van der Waals surface area contributed by atoms with E-state index in [2.05, 4.69) is 60.7 Å². The van der Waals surface area contributed by atoms with E-state index in [0.717, 1.165) is 73.2 Å². The maximum Gasteiger partial charge on any atom is 0.128 e. The third-order valence-corrected chi connectivity index (χ3v) is 7.21. The molecule has 0 saturated carbocycles. The minimum Gasteiger partial charge on any atom is -0.457 e. The van der Waals surface area contributed by atoms with Gasteiger partial charge in [-0.1, -0.05) is 36.4 Å². The molecule has 6 heterocycles. The molecule has 8 bridgehead atoms. The number of ether oxygens (including phenoxy) is 2. The topological polar surface area (TPSA) is 43.2 Å². The first-order chi connectivity index (χ1) is 17.8. The van der Waals surface area contributed by atoms with Crippen LogP contribution in [0.1, 0.15) is 33.4 Å². The van der Waals surface area contributed by atoms with Crippen LogP contribution in [0.5, 0.6) is 23.0 Å². The Morgan fingerprint density at radius 2 is 0.889 bits per heavy atom. The van der Waals surface area contributed by atoms with Crippen LogP contribution in [-0.2, 0) is 25.7 Å². The molecule has 176 valence electrons. The van der Waals surface area contributed by atoms with Crippen LogP contribution in [0.2, 0.25) is 0 Å². The molecule has 0 fully saturated rings. The lowest BCUT2D eigenvalue weighted by molar-refractivity contribution is 0.482. The van der Waals surface area contributed by atoms with Gasteiger partial charge in [0, 0.05) is 48.5 Å². The van der Waals surface area contributed by atoms with E-state index in [9.17, 15) is 0 Å². The van der Waals surface area contributed by atoms with Crippen molar-refractivity contribution in [2.45, 2.75) is 25.7 Å². The van der Waals surface area contributed by atoms with Crippen molar-refractivity contribution in [2.24, 2.45) is 9.98 Å². The number of rotatable bonds is 0. The van der Waals surface area contributed by atoms with E-state index in [4.69, 9.17) is 19.5 Å². The average Bonchev–Trinajstić information content (AvgIpc) is 2.91. The largest absolute Gasteiger partial charge is 0.457 e. The summed E-state index contributed by atoms with van der Waals surface area (Å²) >= 11 is 0. The monoisotopic (exact) mass is 470 g/mol. The highest BCUT2D eigenvalue weighted by Crippen LogP contribution is 2.31. The summed E-state index contributed by atoms with van der Waals surface area (Å²) in [7, 11) is 0. The van der Waals surface area contributed by atoms with Crippen molar-refractivity contribution in [3.8, 4) is 23.0 Å². The Balaban J connectivity index is 1.32. The number of hydrogen-bond acceptors (Lipinski definition) is 4. The van der Waals surface area contributed by atoms with Crippen molar-refractivity contribution in [1.29, 1.82) is 0 Å². The van der Waals surface area contributed by atoms with Gasteiger partial charge in [0.15, 0.2) is 0 Å². The van der Waals surface area contributed by atoms with Crippen molar-refractivity contribution in [2.75, 3.05) is 13.1 Å². The van der Waals surface area contributed by atoms with E-state index in [1.54, 1.807) is 0 Å². The van der Waals surface area contributed by atoms with Gasteiger partial charge in [0.1, 0.15) is 23.0 Å². The highest BCUT2D eigenvalue weighted by Gasteiger charge is 2.19. The van der Waals surface area contributed by atoms with Gasteiger partial charge in [-0.3, -0.25) is 9.98 Å². The Morgan fingerprint density at radius 3 is 1.36 bits per heavy atom. The molecular weight excluding hydrogens is 444 g/mol. The minimum atomic E-state index is 0.782. The fourth-order valence-electron chi connectivity index (χ4n) is 5.32. The summed E-state index contributed by atoms with van der Waals surface area (Å²) in [4.78, 5) is 9.79. The van der Waals surface area contributed by atoms with E-state index in [0.29, 0.717) is 0 Å². The maximum absolute atomic E-state index is 6.40. The number of hydrogen-bond donors (Lipinski definition) is 0. The first-order valence-electron chi connectivity index (χ1n) is 12.6. The molecule has 4 nitrogen and oxygen atoms in total. The second-order valence-electron chi connectivity index (χ2n) is 9.64. The smallest absolute Gasteiger partial charge is 0.128 e. The standard InChI is InChI=1S/C32H26N2O2/c1-7-25-8-2-21(1)17-31-29-19-27(11-5-23(29)13-15-33-31)36-28-12-6-24-14-16-34-32(30(24)20-28)18-22-3-9-26(35-25)10-4-22/h1-12,19-20H,13-18H2. The van der Waals surface area contributed by atoms with E-state index in [1.807, 2.05) is 24.3 Å². The Labute approximate surface area is 211 Å². The van der Waals surface area contributed by atoms with Crippen LogP contribution in [0.3, 0.4) is 0 Å². The molecule has 4 aromatic carbocycles. The number of aliphatic imine (C=N–C) groups is 2. The Morgan fingerprint density at radius 1 is 0.472 bits per heavy atom. The van der Waals surface area contributed by atoms with Crippen LogP contribution < -0.4 is 9.47 Å². The molecule has 0 amide bonds. The van der Waals surface area contributed by atoms with Crippen LogP contribution in [0.25, 0.3) is 0 Å². The van der Waals surface area contributed by atoms with Gasteiger partial charge in [-0.15, -0.1) is 0 Å². The molecular formula is C32H26N2O2. The highest BCUT2D eigenvalue weighted by atomic mass is 16.5. The van der Waals surface area contributed by atoms with Crippen molar-refractivity contribution in [3.63, 3.8) is 0 Å². The summed E-state index contributed by atoms with van der Waals surface area (Å²) < 4.78 is 12.5. The summed E-state index contributed by atoms with van der Waals surface area (Å²) in [5, 5.41) is 0. The SMILES string of the molecule is c1cc2ccc1CC1=NCCc3ccc(cc31)Oc1ccc3c(c1)C(=NCC3)Cc1ccc(cc1)O2. The summed E-state index contributed by atoms with van der Waals surface area (Å²) in [6, 6.07) is 29.5. The van der Waals surface area contributed by atoms with E-state index < -0.39 is 0 Å². The summed E-state index contributed by atoms with van der Waals surface area (Å²) in [5.41, 5.74) is 9.69. The predicted molar refractivity (Wildman–Crippen MR) is 144 cm³/mol. The third-order valence-electron chi connectivity index (χ3n) is 7.21. The van der Waals surface area contributed by atoms with Crippen LogP contribution in [-0.4, -0.2) is 24.5 Å². The van der Waals surface area contributed by atoms with E-state index in [1.165, 1.54) is 33.4 Å². The van der Waals surface area contributed by atoms with Crippen molar-refractivity contribution in [3.05, 3.63) is 118 Å². The maximum atomic E-state index is 6.40. The van der Waals surface area contributed by atoms with Gasteiger partial charge in [-0.2, -0.15) is 0 Å². The van der Waals surface area contributed by atoms with Crippen LogP contribution in [0.15, 0.2) is 94.9 Å². The minimum absolute atomic E-state index is 0.782. The van der Waals surface area contributed by atoms with Crippen LogP contribution >= 0.6 is 0 Å². The third kappa shape index (κ3) is 4.09. The molecule has 0 spiro atoms. The summed E-state index contributed by atoms with van der Waals surface area (Å²) in [5.74, 6) is 3.35. The molecule has 10 rings (SSSR count). The fourth-order valence-corrected chi connectivity index (χ4v) is 5.32. The lowest BCUT2D eigenvalue weighted by Gasteiger charge is -2.20. The Bertz CT molecular complexity index is 1400. The first kappa shape index (κ1) is 21.1. The predicted octanol–water partition coefficient (Wildman–Crippen LogP) is 6.76. The van der Waals surface area contributed by atoms with Crippen molar-refractivity contribution in [1.82, 2.24) is 0 Å². The molecule has 36 heavy (non-hydrogen) atoms. The molecule has 0 unspecified atom stereocenters. The van der Waals surface area contributed by atoms with Crippen LogP contribution in [0.4, 0.5) is 0 Å². The average molecular weight is 471 g/mol. The Hall–Kier alpha value is -4.18. The lowest BCUT2D eigenvalue weighted by Crippen LogP contribution is -2.16. The molecule has 0 aromatic heterocycles.